The fourth-order valence-electron chi connectivity index (χ4n) is 2.78. The van der Waals surface area contributed by atoms with Crippen LogP contribution in [0.25, 0.3) is 0 Å². The van der Waals surface area contributed by atoms with Gasteiger partial charge in [-0.1, -0.05) is 11.6 Å². The highest BCUT2D eigenvalue weighted by Gasteiger charge is 2.41. The number of aromatic nitrogens is 2. The summed E-state index contributed by atoms with van der Waals surface area (Å²) in [6.45, 7) is 2.74. The molecule has 0 bridgehead atoms. The minimum atomic E-state index is 0.0408. The topological polar surface area (TPSA) is 38.2 Å². The minimum Gasteiger partial charge on any atom is -0.373 e. The van der Waals surface area contributed by atoms with Crippen molar-refractivity contribution in [2.24, 2.45) is 0 Å². The second kappa shape index (κ2) is 4.42. The predicted molar refractivity (Wildman–Crippen MR) is 66.4 cm³/mol. The molecule has 1 aromatic heterocycles. The van der Waals surface area contributed by atoms with Crippen molar-refractivity contribution in [2.75, 3.05) is 24.6 Å². The van der Waals surface area contributed by atoms with Gasteiger partial charge < -0.3 is 9.64 Å². The Labute approximate surface area is 106 Å². The molecule has 1 aromatic rings. The van der Waals surface area contributed by atoms with Crippen LogP contribution in [-0.4, -0.2) is 35.3 Å². The van der Waals surface area contributed by atoms with Crippen molar-refractivity contribution < 1.29 is 4.74 Å². The molecule has 2 fully saturated rings. The van der Waals surface area contributed by atoms with E-state index in [2.05, 4.69) is 14.9 Å². The molecule has 0 saturated carbocycles. The molecule has 17 heavy (non-hydrogen) atoms. The molecule has 1 atom stereocenters. The van der Waals surface area contributed by atoms with E-state index in [1.807, 2.05) is 0 Å². The van der Waals surface area contributed by atoms with Crippen LogP contribution in [0.1, 0.15) is 25.7 Å². The van der Waals surface area contributed by atoms with Gasteiger partial charge in [-0.3, -0.25) is 0 Å². The highest BCUT2D eigenvalue weighted by Crippen LogP contribution is 2.36. The SMILES string of the molecule is Clc1nccnc1N1CC[C@@]2(CCCCO2)C1. The van der Waals surface area contributed by atoms with E-state index in [4.69, 9.17) is 16.3 Å². The molecule has 2 aliphatic heterocycles. The molecule has 2 aliphatic rings. The first kappa shape index (κ1) is 11.2. The number of hydrogen-bond donors (Lipinski definition) is 0. The molecular formula is C12H16ClN3O. The summed E-state index contributed by atoms with van der Waals surface area (Å²) in [4.78, 5) is 10.6. The Hall–Kier alpha value is -0.870. The summed E-state index contributed by atoms with van der Waals surface area (Å²) < 4.78 is 5.99. The van der Waals surface area contributed by atoms with Crippen molar-refractivity contribution in [1.29, 1.82) is 0 Å². The van der Waals surface area contributed by atoms with Gasteiger partial charge in [0.2, 0.25) is 0 Å². The third-order valence-electron chi connectivity index (χ3n) is 3.69. The Morgan fingerprint density at radius 1 is 1.24 bits per heavy atom. The first-order chi connectivity index (χ1) is 8.29. The van der Waals surface area contributed by atoms with E-state index >= 15 is 0 Å². The maximum Gasteiger partial charge on any atom is 0.171 e. The van der Waals surface area contributed by atoms with Gasteiger partial charge in [0.05, 0.1) is 5.60 Å². The van der Waals surface area contributed by atoms with Gasteiger partial charge in [0.1, 0.15) is 0 Å². The van der Waals surface area contributed by atoms with Crippen molar-refractivity contribution in [1.82, 2.24) is 9.97 Å². The van der Waals surface area contributed by atoms with Gasteiger partial charge in [0.15, 0.2) is 11.0 Å². The van der Waals surface area contributed by atoms with E-state index in [-0.39, 0.29) is 5.60 Å². The number of rotatable bonds is 1. The molecule has 0 unspecified atom stereocenters. The van der Waals surface area contributed by atoms with E-state index < -0.39 is 0 Å². The molecule has 0 N–H and O–H groups in total. The molecule has 1 spiro atoms. The second-order valence-electron chi connectivity index (χ2n) is 4.83. The van der Waals surface area contributed by atoms with Crippen LogP contribution in [0.15, 0.2) is 12.4 Å². The molecule has 3 rings (SSSR count). The zero-order valence-corrected chi connectivity index (χ0v) is 10.5. The molecule has 2 saturated heterocycles. The van der Waals surface area contributed by atoms with Crippen LogP contribution in [0, 0.1) is 0 Å². The first-order valence-electron chi connectivity index (χ1n) is 6.15. The summed E-state index contributed by atoms with van der Waals surface area (Å²) >= 11 is 6.08. The van der Waals surface area contributed by atoms with Crippen LogP contribution < -0.4 is 4.90 Å². The molecule has 5 heteroatoms. The van der Waals surface area contributed by atoms with Crippen molar-refractivity contribution in [3.63, 3.8) is 0 Å². The standard InChI is InChI=1S/C12H16ClN3O/c13-10-11(15-6-5-14-10)16-7-4-12(9-16)3-1-2-8-17-12/h5-6H,1-4,7-9H2/t12-/m0/s1. The van der Waals surface area contributed by atoms with Crippen LogP contribution in [0.5, 0.6) is 0 Å². The normalized spacial score (nSPS) is 28.9. The van der Waals surface area contributed by atoms with Crippen molar-refractivity contribution in [2.45, 2.75) is 31.3 Å². The lowest BCUT2D eigenvalue weighted by molar-refractivity contribution is -0.0622. The lowest BCUT2D eigenvalue weighted by atomic mass is 9.93. The van der Waals surface area contributed by atoms with E-state index in [0.29, 0.717) is 5.15 Å². The molecule has 92 valence electrons. The van der Waals surface area contributed by atoms with Gasteiger partial charge in [0.25, 0.3) is 0 Å². The van der Waals surface area contributed by atoms with Gasteiger partial charge in [0, 0.05) is 32.1 Å². The van der Waals surface area contributed by atoms with Gasteiger partial charge in [-0.15, -0.1) is 0 Å². The van der Waals surface area contributed by atoms with Crippen molar-refractivity contribution in [3.05, 3.63) is 17.5 Å². The Balaban J connectivity index is 1.77. The number of halogens is 1. The molecular weight excluding hydrogens is 238 g/mol. The summed E-state index contributed by atoms with van der Waals surface area (Å²) in [6.07, 6.45) is 7.99. The lowest BCUT2D eigenvalue weighted by Gasteiger charge is -2.33. The van der Waals surface area contributed by atoms with E-state index in [9.17, 15) is 0 Å². The monoisotopic (exact) mass is 253 g/mol. The third kappa shape index (κ3) is 2.11. The summed E-state index contributed by atoms with van der Waals surface area (Å²) in [5.74, 6) is 0.792. The largest absolute Gasteiger partial charge is 0.373 e. The Bertz CT molecular complexity index is 406. The zero-order chi connectivity index (χ0) is 11.7. The van der Waals surface area contributed by atoms with Crippen LogP contribution in [0.4, 0.5) is 5.82 Å². The van der Waals surface area contributed by atoms with E-state index in [1.54, 1.807) is 12.4 Å². The lowest BCUT2D eigenvalue weighted by Crippen LogP contribution is -2.39. The van der Waals surface area contributed by atoms with Crippen molar-refractivity contribution in [3.8, 4) is 0 Å². The van der Waals surface area contributed by atoms with Gasteiger partial charge in [-0.25, -0.2) is 9.97 Å². The van der Waals surface area contributed by atoms with E-state index in [1.165, 1.54) is 12.8 Å². The van der Waals surface area contributed by atoms with Gasteiger partial charge in [-0.05, 0) is 25.7 Å². The average molecular weight is 254 g/mol. The summed E-state index contributed by atoms with van der Waals surface area (Å²) in [7, 11) is 0. The highest BCUT2D eigenvalue weighted by molar-refractivity contribution is 6.31. The number of nitrogens with zero attached hydrogens (tertiary/aromatic N) is 3. The van der Waals surface area contributed by atoms with Crippen molar-refractivity contribution >= 4 is 17.4 Å². The van der Waals surface area contributed by atoms with Crippen LogP contribution in [0.2, 0.25) is 5.15 Å². The summed E-state index contributed by atoms with van der Waals surface area (Å²) in [5, 5.41) is 0.486. The molecule has 3 heterocycles. The fourth-order valence-corrected chi connectivity index (χ4v) is 3.01. The minimum absolute atomic E-state index is 0.0408. The van der Waals surface area contributed by atoms with Crippen LogP contribution in [0.3, 0.4) is 0 Å². The predicted octanol–water partition coefficient (Wildman–Crippen LogP) is 2.28. The fraction of sp³-hybridized carbons (Fsp3) is 0.667. The van der Waals surface area contributed by atoms with Gasteiger partial charge in [-0.2, -0.15) is 0 Å². The maximum absolute atomic E-state index is 6.08. The Kier molecular flexibility index (Phi) is 2.92. The number of hydrogen-bond acceptors (Lipinski definition) is 4. The van der Waals surface area contributed by atoms with Gasteiger partial charge >= 0.3 is 0 Å². The molecule has 0 amide bonds. The highest BCUT2D eigenvalue weighted by atomic mass is 35.5. The third-order valence-corrected chi connectivity index (χ3v) is 3.95. The smallest absolute Gasteiger partial charge is 0.171 e. The molecule has 0 radical (unpaired) electrons. The maximum atomic E-state index is 6.08. The summed E-state index contributed by atoms with van der Waals surface area (Å²) in [5.41, 5.74) is 0.0408. The number of ether oxygens (including phenoxy) is 1. The molecule has 4 nitrogen and oxygen atoms in total. The zero-order valence-electron chi connectivity index (χ0n) is 9.73. The molecule has 0 aliphatic carbocycles. The Morgan fingerprint density at radius 3 is 2.88 bits per heavy atom. The summed E-state index contributed by atoms with van der Waals surface area (Å²) in [6, 6.07) is 0. The second-order valence-corrected chi connectivity index (χ2v) is 5.19. The van der Waals surface area contributed by atoms with Crippen LogP contribution in [-0.2, 0) is 4.74 Å². The quantitative estimate of drug-likeness (QED) is 0.770. The van der Waals surface area contributed by atoms with Crippen LogP contribution >= 0.6 is 11.6 Å². The Morgan fingerprint density at radius 2 is 2.12 bits per heavy atom. The molecule has 0 aromatic carbocycles. The average Bonchev–Trinajstić information content (AvgIpc) is 2.74. The first-order valence-corrected chi connectivity index (χ1v) is 6.52. The number of anilines is 1. The van der Waals surface area contributed by atoms with E-state index in [0.717, 1.165) is 38.4 Å².